The Morgan fingerprint density at radius 3 is 2.62 bits per heavy atom. The van der Waals surface area contributed by atoms with Crippen molar-refractivity contribution in [2.24, 2.45) is 0 Å². The highest BCUT2D eigenvalue weighted by Gasteiger charge is 2.22. The molecule has 0 aliphatic rings. The van der Waals surface area contributed by atoms with E-state index in [2.05, 4.69) is 4.98 Å². The lowest BCUT2D eigenvalue weighted by Gasteiger charge is -2.13. The summed E-state index contributed by atoms with van der Waals surface area (Å²) in [5.74, 6) is -0.589. The van der Waals surface area contributed by atoms with E-state index < -0.39 is 16.0 Å². The highest BCUT2D eigenvalue weighted by atomic mass is 35.5. The van der Waals surface area contributed by atoms with Crippen LogP contribution in [0.4, 0.5) is 0 Å². The Hall–Kier alpha value is -1.96. The van der Waals surface area contributed by atoms with Gasteiger partial charge in [-0.2, -0.15) is 0 Å². The van der Waals surface area contributed by atoms with E-state index in [9.17, 15) is 13.2 Å². The number of aryl methyl sites for hydroxylation is 2. The fraction of sp³-hybridized carbons (Fsp3) is 0.333. The Bertz CT molecular complexity index is 898. The van der Waals surface area contributed by atoms with Crippen molar-refractivity contribution in [2.75, 3.05) is 20.7 Å². The molecule has 140 valence electrons. The number of aromatic nitrogens is 1. The topological polar surface area (TPSA) is 76.6 Å². The lowest BCUT2D eigenvalue weighted by molar-refractivity contribution is 0.0500. The minimum atomic E-state index is -3.74. The molecule has 2 aromatic rings. The largest absolute Gasteiger partial charge is 0.462 e. The van der Waals surface area contributed by atoms with Gasteiger partial charge in [-0.1, -0.05) is 17.7 Å². The van der Waals surface area contributed by atoms with Gasteiger partial charge in [0.05, 0.1) is 17.2 Å². The zero-order valence-corrected chi connectivity index (χ0v) is 16.5. The van der Waals surface area contributed by atoms with Crippen LogP contribution >= 0.6 is 11.6 Å². The minimum Gasteiger partial charge on any atom is -0.462 e. The summed E-state index contributed by atoms with van der Waals surface area (Å²) in [6, 6.07) is 9.84. The van der Waals surface area contributed by atoms with Gasteiger partial charge in [-0.15, -0.1) is 0 Å². The number of hydrogen-bond acceptors (Lipinski definition) is 5. The van der Waals surface area contributed by atoms with E-state index in [0.29, 0.717) is 12.8 Å². The molecule has 1 aromatic heterocycles. The lowest BCUT2D eigenvalue weighted by Crippen LogP contribution is -2.23. The number of rotatable bonds is 7. The summed E-state index contributed by atoms with van der Waals surface area (Å²) >= 11 is 5.97. The smallest absolute Gasteiger partial charge is 0.338 e. The standard InChI is InChI=1S/C18H21ClN2O4S/c1-13-6-4-7-15(20-13)8-5-11-25-18(22)14-9-10-16(19)17(12-14)26(23,24)21(2)3/h4,6-7,9-10,12H,5,8,11H2,1-3H3. The molecule has 0 unspecified atom stereocenters. The summed E-state index contributed by atoms with van der Waals surface area (Å²) in [6.07, 6.45) is 1.31. The van der Waals surface area contributed by atoms with Crippen molar-refractivity contribution < 1.29 is 17.9 Å². The molecule has 0 bridgehead atoms. The number of nitrogens with zero attached hydrogens (tertiary/aromatic N) is 2. The summed E-state index contributed by atoms with van der Waals surface area (Å²) < 4.78 is 30.8. The molecule has 0 radical (unpaired) electrons. The highest BCUT2D eigenvalue weighted by Crippen LogP contribution is 2.25. The maximum atomic E-state index is 12.3. The van der Waals surface area contributed by atoms with Crippen molar-refractivity contribution >= 4 is 27.6 Å². The van der Waals surface area contributed by atoms with E-state index in [-0.39, 0.29) is 22.1 Å². The predicted octanol–water partition coefficient (Wildman–Crippen LogP) is 3.08. The summed E-state index contributed by atoms with van der Waals surface area (Å²) in [5, 5.41) is 0.0563. The van der Waals surface area contributed by atoms with Crippen LogP contribution in [0.1, 0.15) is 28.2 Å². The molecule has 0 fully saturated rings. The summed E-state index contributed by atoms with van der Waals surface area (Å²) in [4.78, 5) is 16.4. The average Bonchev–Trinajstić information content (AvgIpc) is 2.58. The van der Waals surface area contributed by atoms with Crippen LogP contribution in [0.3, 0.4) is 0 Å². The summed E-state index contributed by atoms with van der Waals surface area (Å²) in [6.45, 7) is 2.14. The first kappa shape index (κ1) is 20.4. The summed E-state index contributed by atoms with van der Waals surface area (Å²) in [7, 11) is -0.946. The van der Waals surface area contributed by atoms with Crippen molar-refractivity contribution in [2.45, 2.75) is 24.7 Å². The molecular formula is C18H21ClN2O4S. The first-order valence-corrected chi connectivity index (χ1v) is 9.85. The van der Waals surface area contributed by atoms with Gasteiger partial charge in [-0.3, -0.25) is 4.98 Å². The number of sulfonamides is 1. The first-order valence-electron chi connectivity index (χ1n) is 8.03. The Morgan fingerprint density at radius 1 is 1.23 bits per heavy atom. The second kappa shape index (κ2) is 8.62. The molecule has 0 atom stereocenters. The normalized spacial score (nSPS) is 11.6. The van der Waals surface area contributed by atoms with Crippen LogP contribution in [0.25, 0.3) is 0 Å². The van der Waals surface area contributed by atoms with Gasteiger partial charge in [0.25, 0.3) is 0 Å². The minimum absolute atomic E-state index is 0.0563. The number of ether oxygens (including phenoxy) is 1. The Balaban J connectivity index is 1.99. The number of benzene rings is 1. The number of carbonyl (C=O) groups is 1. The maximum Gasteiger partial charge on any atom is 0.338 e. The molecule has 26 heavy (non-hydrogen) atoms. The summed E-state index contributed by atoms with van der Waals surface area (Å²) in [5.41, 5.74) is 2.02. The zero-order chi connectivity index (χ0) is 19.3. The van der Waals surface area contributed by atoms with E-state index in [1.807, 2.05) is 25.1 Å². The molecule has 0 spiro atoms. The number of halogens is 1. The molecule has 0 aliphatic heterocycles. The van der Waals surface area contributed by atoms with Gasteiger partial charge in [0.15, 0.2) is 0 Å². The maximum absolute atomic E-state index is 12.3. The van der Waals surface area contributed by atoms with E-state index >= 15 is 0 Å². The van der Waals surface area contributed by atoms with Gasteiger partial charge in [-0.05, 0) is 50.1 Å². The number of pyridine rings is 1. The molecule has 0 N–H and O–H groups in total. The molecule has 2 rings (SSSR count). The first-order chi connectivity index (χ1) is 12.2. The van der Waals surface area contributed by atoms with Crippen LogP contribution in [0.2, 0.25) is 5.02 Å². The van der Waals surface area contributed by atoms with Crippen LogP contribution < -0.4 is 0 Å². The van der Waals surface area contributed by atoms with Crippen molar-refractivity contribution in [3.63, 3.8) is 0 Å². The van der Waals surface area contributed by atoms with E-state index in [1.54, 1.807) is 0 Å². The number of hydrogen-bond donors (Lipinski definition) is 0. The molecule has 0 amide bonds. The molecule has 0 saturated carbocycles. The van der Waals surface area contributed by atoms with Crippen LogP contribution in [0.5, 0.6) is 0 Å². The fourth-order valence-corrected chi connectivity index (χ4v) is 3.66. The Labute approximate surface area is 158 Å². The van der Waals surface area contributed by atoms with Gasteiger partial charge in [0.2, 0.25) is 10.0 Å². The van der Waals surface area contributed by atoms with E-state index in [0.717, 1.165) is 15.7 Å². The van der Waals surface area contributed by atoms with Crippen molar-refractivity contribution in [1.82, 2.24) is 9.29 Å². The molecule has 6 nitrogen and oxygen atoms in total. The monoisotopic (exact) mass is 396 g/mol. The average molecular weight is 397 g/mol. The van der Waals surface area contributed by atoms with Gasteiger partial charge >= 0.3 is 5.97 Å². The van der Waals surface area contributed by atoms with Crippen molar-refractivity contribution in [3.8, 4) is 0 Å². The highest BCUT2D eigenvalue weighted by molar-refractivity contribution is 7.89. The fourth-order valence-electron chi connectivity index (χ4n) is 2.26. The quantitative estimate of drug-likeness (QED) is 0.531. The Kier molecular flexibility index (Phi) is 6.75. The predicted molar refractivity (Wildman–Crippen MR) is 99.9 cm³/mol. The second-order valence-electron chi connectivity index (χ2n) is 5.94. The molecule has 8 heteroatoms. The molecule has 1 aromatic carbocycles. The number of esters is 1. The van der Waals surface area contributed by atoms with Crippen LogP contribution in [-0.4, -0.2) is 44.4 Å². The molecule has 1 heterocycles. The third-order valence-electron chi connectivity index (χ3n) is 3.68. The van der Waals surface area contributed by atoms with Gasteiger partial charge in [-0.25, -0.2) is 17.5 Å². The zero-order valence-electron chi connectivity index (χ0n) is 14.9. The second-order valence-corrected chi connectivity index (χ2v) is 8.47. The molecule has 0 saturated heterocycles. The third kappa shape index (κ3) is 5.03. The Morgan fingerprint density at radius 2 is 1.96 bits per heavy atom. The van der Waals surface area contributed by atoms with Gasteiger partial charge in [0, 0.05) is 25.5 Å². The van der Waals surface area contributed by atoms with E-state index in [4.69, 9.17) is 16.3 Å². The van der Waals surface area contributed by atoms with Crippen molar-refractivity contribution in [1.29, 1.82) is 0 Å². The number of carbonyl (C=O) groups excluding carboxylic acids is 1. The molecular weight excluding hydrogens is 376 g/mol. The third-order valence-corrected chi connectivity index (χ3v) is 5.98. The van der Waals surface area contributed by atoms with E-state index in [1.165, 1.54) is 32.3 Å². The van der Waals surface area contributed by atoms with Gasteiger partial charge < -0.3 is 4.74 Å². The van der Waals surface area contributed by atoms with Gasteiger partial charge in [0.1, 0.15) is 4.90 Å². The lowest BCUT2D eigenvalue weighted by atomic mass is 10.2. The van der Waals surface area contributed by atoms with Crippen LogP contribution in [0, 0.1) is 6.92 Å². The van der Waals surface area contributed by atoms with Crippen LogP contribution in [-0.2, 0) is 21.2 Å². The van der Waals surface area contributed by atoms with Crippen molar-refractivity contribution in [3.05, 3.63) is 58.4 Å². The van der Waals surface area contributed by atoms with Crippen LogP contribution in [0.15, 0.2) is 41.3 Å². The SMILES string of the molecule is Cc1cccc(CCCOC(=O)c2ccc(Cl)c(S(=O)(=O)N(C)C)c2)n1. The molecule has 0 aliphatic carbocycles.